The van der Waals surface area contributed by atoms with E-state index < -0.39 is 0 Å². The number of hydrogen-bond acceptors (Lipinski definition) is 3. The number of benzene rings is 1. The van der Waals surface area contributed by atoms with Crippen molar-refractivity contribution in [1.82, 2.24) is 4.98 Å². The van der Waals surface area contributed by atoms with Crippen molar-refractivity contribution < 1.29 is 0 Å². The lowest BCUT2D eigenvalue weighted by molar-refractivity contribution is 0.698. The monoisotopic (exact) mass is 269 g/mol. The van der Waals surface area contributed by atoms with Crippen LogP contribution in [0.2, 0.25) is 0 Å². The zero-order valence-electron chi connectivity index (χ0n) is 12.3. The SMILES string of the molecule is CCC(N)c1ccc(N(C)CCc2ccccn2)cc1. The Morgan fingerprint density at radius 3 is 2.50 bits per heavy atom. The Kier molecular flexibility index (Phi) is 5.13. The summed E-state index contributed by atoms with van der Waals surface area (Å²) in [5.74, 6) is 0. The molecule has 20 heavy (non-hydrogen) atoms. The van der Waals surface area contributed by atoms with Crippen molar-refractivity contribution in [3.63, 3.8) is 0 Å². The molecule has 2 rings (SSSR count). The molecule has 1 aromatic heterocycles. The van der Waals surface area contributed by atoms with E-state index in [4.69, 9.17) is 5.73 Å². The average molecular weight is 269 g/mol. The predicted octanol–water partition coefficient (Wildman–Crippen LogP) is 3.17. The summed E-state index contributed by atoms with van der Waals surface area (Å²) in [7, 11) is 2.11. The van der Waals surface area contributed by atoms with Gasteiger partial charge in [0.15, 0.2) is 0 Å². The van der Waals surface area contributed by atoms with E-state index in [-0.39, 0.29) is 6.04 Å². The number of likely N-dealkylation sites (N-methyl/N-ethyl adjacent to an activating group) is 1. The molecule has 2 aromatic rings. The first kappa shape index (κ1) is 14.5. The summed E-state index contributed by atoms with van der Waals surface area (Å²) in [6.07, 6.45) is 3.76. The molecule has 1 unspecified atom stereocenters. The molecule has 0 saturated carbocycles. The van der Waals surface area contributed by atoms with Crippen LogP contribution in [-0.2, 0) is 6.42 Å². The fourth-order valence-electron chi connectivity index (χ4n) is 2.17. The molecule has 3 nitrogen and oxygen atoms in total. The summed E-state index contributed by atoms with van der Waals surface area (Å²) >= 11 is 0. The number of pyridine rings is 1. The van der Waals surface area contributed by atoms with Gasteiger partial charge in [-0.3, -0.25) is 4.98 Å². The van der Waals surface area contributed by atoms with Gasteiger partial charge in [-0.15, -0.1) is 0 Å². The van der Waals surface area contributed by atoms with Gasteiger partial charge in [0.25, 0.3) is 0 Å². The molecule has 0 bridgehead atoms. The molecule has 0 saturated heterocycles. The first-order chi connectivity index (χ1) is 9.70. The molecule has 0 amide bonds. The van der Waals surface area contributed by atoms with Crippen molar-refractivity contribution in [3.05, 3.63) is 59.9 Å². The number of nitrogens with two attached hydrogens (primary N) is 1. The van der Waals surface area contributed by atoms with Crippen molar-refractivity contribution in [1.29, 1.82) is 0 Å². The zero-order valence-corrected chi connectivity index (χ0v) is 12.3. The van der Waals surface area contributed by atoms with E-state index in [2.05, 4.69) is 54.2 Å². The van der Waals surface area contributed by atoms with Crippen molar-refractivity contribution in [2.45, 2.75) is 25.8 Å². The fraction of sp³-hybridized carbons (Fsp3) is 0.353. The van der Waals surface area contributed by atoms with E-state index in [0.717, 1.165) is 25.1 Å². The largest absolute Gasteiger partial charge is 0.374 e. The molecule has 106 valence electrons. The van der Waals surface area contributed by atoms with Gasteiger partial charge < -0.3 is 10.6 Å². The molecule has 2 N–H and O–H groups in total. The average Bonchev–Trinajstić information content (AvgIpc) is 2.53. The van der Waals surface area contributed by atoms with Crippen LogP contribution in [0.3, 0.4) is 0 Å². The van der Waals surface area contributed by atoms with Crippen LogP contribution in [0.5, 0.6) is 0 Å². The highest BCUT2D eigenvalue weighted by Gasteiger charge is 2.05. The van der Waals surface area contributed by atoms with Gasteiger partial charge >= 0.3 is 0 Å². The zero-order chi connectivity index (χ0) is 14.4. The predicted molar refractivity (Wildman–Crippen MR) is 84.9 cm³/mol. The summed E-state index contributed by atoms with van der Waals surface area (Å²) in [5, 5.41) is 0. The second kappa shape index (κ2) is 7.06. The van der Waals surface area contributed by atoms with E-state index in [1.54, 1.807) is 0 Å². The van der Waals surface area contributed by atoms with Gasteiger partial charge in [0.2, 0.25) is 0 Å². The summed E-state index contributed by atoms with van der Waals surface area (Å²) in [6.45, 7) is 3.06. The molecule has 1 atom stereocenters. The van der Waals surface area contributed by atoms with E-state index in [0.29, 0.717) is 0 Å². The van der Waals surface area contributed by atoms with Crippen molar-refractivity contribution in [2.24, 2.45) is 5.73 Å². The smallest absolute Gasteiger partial charge is 0.0421 e. The molecule has 0 fully saturated rings. The molecule has 0 radical (unpaired) electrons. The maximum atomic E-state index is 6.03. The fourth-order valence-corrected chi connectivity index (χ4v) is 2.17. The van der Waals surface area contributed by atoms with Crippen LogP contribution in [0, 0.1) is 0 Å². The third kappa shape index (κ3) is 3.81. The molecular weight excluding hydrogens is 246 g/mol. The van der Waals surface area contributed by atoms with Crippen LogP contribution in [-0.4, -0.2) is 18.6 Å². The summed E-state index contributed by atoms with van der Waals surface area (Å²) in [6, 6.07) is 14.7. The molecular formula is C17H23N3. The van der Waals surface area contributed by atoms with Crippen LogP contribution in [0.25, 0.3) is 0 Å². The highest BCUT2D eigenvalue weighted by molar-refractivity contribution is 5.47. The normalized spacial score (nSPS) is 12.2. The van der Waals surface area contributed by atoms with Crippen molar-refractivity contribution in [3.8, 4) is 0 Å². The molecule has 0 aliphatic heterocycles. The van der Waals surface area contributed by atoms with Crippen LogP contribution >= 0.6 is 0 Å². The molecule has 0 aliphatic rings. The Morgan fingerprint density at radius 1 is 1.15 bits per heavy atom. The Bertz CT molecular complexity index is 508. The topological polar surface area (TPSA) is 42.1 Å². The third-order valence-corrected chi connectivity index (χ3v) is 3.63. The highest BCUT2D eigenvalue weighted by atomic mass is 15.1. The lowest BCUT2D eigenvalue weighted by atomic mass is 10.1. The van der Waals surface area contributed by atoms with Crippen LogP contribution < -0.4 is 10.6 Å². The minimum Gasteiger partial charge on any atom is -0.374 e. The number of anilines is 1. The second-order valence-corrected chi connectivity index (χ2v) is 5.10. The van der Waals surface area contributed by atoms with Gasteiger partial charge in [-0.05, 0) is 36.2 Å². The number of aromatic nitrogens is 1. The Labute approximate surface area is 121 Å². The molecule has 0 aliphatic carbocycles. The first-order valence-corrected chi connectivity index (χ1v) is 7.17. The second-order valence-electron chi connectivity index (χ2n) is 5.10. The van der Waals surface area contributed by atoms with Gasteiger partial charge in [-0.25, -0.2) is 0 Å². The van der Waals surface area contributed by atoms with E-state index in [1.807, 2.05) is 18.3 Å². The Hall–Kier alpha value is -1.87. The minimum atomic E-state index is 0.142. The standard InChI is InChI=1S/C17H23N3/c1-3-17(18)14-7-9-16(10-8-14)20(2)13-11-15-6-4-5-12-19-15/h4-10,12,17H,3,11,13,18H2,1-2H3. The van der Waals surface area contributed by atoms with Gasteiger partial charge in [-0.1, -0.05) is 25.1 Å². The summed E-state index contributed by atoms with van der Waals surface area (Å²) < 4.78 is 0. The maximum Gasteiger partial charge on any atom is 0.0421 e. The summed E-state index contributed by atoms with van der Waals surface area (Å²) in [4.78, 5) is 6.60. The lowest BCUT2D eigenvalue weighted by Crippen LogP contribution is -2.20. The first-order valence-electron chi connectivity index (χ1n) is 7.17. The van der Waals surface area contributed by atoms with Gasteiger partial charge in [-0.2, -0.15) is 0 Å². The van der Waals surface area contributed by atoms with Gasteiger partial charge in [0.1, 0.15) is 0 Å². The molecule has 1 heterocycles. The minimum absolute atomic E-state index is 0.142. The van der Waals surface area contributed by atoms with Crippen LogP contribution in [0.1, 0.15) is 30.6 Å². The van der Waals surface area contributed by atoms with E-state index in [9.17, 15) is 0 Å². The third-order valence-electron chi connectivity index (χ3n) is 3.63. The maximum absolute atomic E-state index is 6.03. The molecule has 3 heteroatoms. The van der Waals surface area contributed by atoms with Crippen LogP contribution in [0.15, 0.2) is 48.7 Å². The van der Waals surface area contributed by atoms with Gasteiger partial charge in [0, 0.05) is 43.6 Å². The summed E-state index contributed by atoms with van der Waals surface area (Å²) in [5.41, 5.74) is 9.58. The van der Waals surface area contributed by atoms with Crippen LogP contribution in [0.4, 0.5) is 5.69 Å². The quantitative estimate of drug-likeness (QED) is 0.876. The Morgan fingerprint density at radius 2 is 1.90 bits per heavy atom. The lowest BCUT2D eigenvalue weighted by Gasteiger charge is -2.20. The van der Waals surface area contributed by atoms with E-state index in [1.165, 1.54) is 11.3 Å². The van der Waals surface area contributed by atoms with Gasteiger partial charge in [0.05, 0.1) is 0 Å². The number of rotatable bonds is 6. The number of hydrogen-bond donors (Lipinski definition) is 1. The van der Waals surface area contributed by atoms with Crippen molar-refractivity contribution >= 4 is 5.69 Å². The molecule has 1 aromatic carbocycles. The number of nitrogens with zero attached hydrogens (tertiary/aromatic N) is 2. The highest BCUT2D eigenvalue weighted by Crippen LogP contribution is 2.19. The van der Waals surface area contributed by atoms with Crippen molar-refractivity contribution in [2.75, 3.05) is 18.5 Å². The van der Waals surface area contributed by atoms with E-state index >= 15 is 0 Å². The Balaban J connectivity index is 1.94. The molecule has 0 spiro atoms.